The van der Waals surface area contributed by atoms with Gasteiger partial charge in [0.2, 0.25) is 0 Å². The zero-order valence-corrected chi connectivity index (χ0v) is 12.3. The molecular formula is C17H12F3NO3. The van der Waals surface area contributed by atoms with E-state index < -0.39 is 6.36 Å². The number of hydrogen-bond donors (Lipinski definition) is 0. The van der Waals surface area contributed by atoms with Gasteiger partial charge < -0.3 is 9.57 Å². The first-order chi connectivity index (χ1) is 11.4. The van der Waals surface area contributed by atoms with Gasteiger partial charge in [0.05, 0.1) is 5.71 Å². The van der Waals surface area contributed by atoms with Gasteiger partial charge in [0.15, 0.2) is 5.75 Å². The van der Waals surface area contributed by atoms with Crippen LogP contribution in [0.4, 0.5) is 13.2 Å². The van der Waals surface area contributed by atoms with Crippen LogP contribution in [0.5, 0.6) is 11.5 Å². The van der Waals surface area contributed by atoms with Crippen molar-refractivity contribution in [2.75, 3.05) is 0 Å². The number of aldehydes is 1. The van der Waals surface area contributed by atoms with E-state index >= 15 is 0 Å². The molecule has 7 heteroatoms. The molecule has 1 aliphatic carbocycles. The van der Waals surface area contributed by atoms with E-state index in [0.29, 0.717) is 29.9 Å². The molecule has 0 atom stereocenters. The number of ether oxygens (including phenoxy) is 1. The number of hydrogen-bond acceptors (Lipinski definition) is 4. The van der Waals surface area contributed by atoms with Crippen LogP contribution >= 0.6 is 0 Å². The molecular weight excluding hydrogens is 323 g/mol. The Hall–Kier alpha value is -2.83. The molecule has 0 aromatic heterocycles. The minimum Gasteiger partial charge on any atom is -0.406 e. The number of oxime groups is 1. The predicted molar refractivity (Wildman–Crippen MR) is 80.4 cm³/mol. The van der Waals surface area contributed by atoms with Crippen molar-refractivity contribution in [1.29, 1.82) is 0 Å². The van der Waals surface area contributed by atoms with Gasteiger partial charge in [-0.25, -0.2) is 0 Å². The van der Waals surface area contributed by atoms with Crippen LogP contribution in [0.15, 0.2) is 47.6 Å². The van der Waals surface area contributed by atoms with Crippen LogP contribution < -0.4 is 9.57 Å². The first-order valence-corrected chi connectivity index (χ1v) is 7.13. The van der Waals surface area contributed by atoms with Crippen LogP contribution in [-0.4, -0.2) is 18.4 Å². The van der Waals surface area contributed by atoms with Crippen LogP contribution in [0, 0.1) is 0 Å². The predicted octanol–water partition coefficient (Wildman–Crippen LogP) is 4.13. The standard InChI is InChI=1S/C17H12F3NO3/c18-17(19,20)23-14-6-7-15-12(9-14)3-8-16(15)21-24-13-4-1-11(10-22)2-5-13/h1-2,4-7,9-10H,3,8H2/b21-16+. The molecule has 0 radical (unpaired) electrons. The number of aryl methyl sites for hydroxylation is 1. The van der Waals surface area contributed by atoms with Gasteiger partial charge in [-0.2, -0.15) is 0 Å². The highest BCUT2D eigenvalue weighted by Crippen LogP contribution is 2.30. The number of carbonyl (C=O) groups is 1. The van der Waals surface area contributed by atoms with E-state index in [9.17, 15) is 18.0 Å². The molecule has 0 bridgehead atoms. The molecule has 0 N–H and O–H groups in total. The van der Waals surface area contributed by atoms with Crippen molar-refractivity contribution < 1.29 is 27.5 Å². The summed E-state index contributed by atoms with van der Waals surface area (Å²) >= 11 is 0. The normalized spacial score (nSPS) is 15.2. The molecule has 2 aromatic rings. The summed E-state index contributed by atoms with van der Waals surface area (Å²) in [5, 5.41) is 4.06. The molecule has 0 amide bonds. The summed E-state index contributed by atoms with van der Waals surface area (Å²) in [5.41, 5.74) is 2.66. The molecule has 3 rings (SSSR count). The maximum atomic E-state index is 12.2. The van der Waals surface area contributed by atoms with Crippen molar-refractivity contribution in [1.82, 2.24) is 0 Å². The highest BCUT2D eigenvalue weighted by molar-refractivity contribution is 6.04. The second kappa shape index (κ2) is 6.35. The minimum absolute atomic E-state index is 0.243. The maximum Gasteiger partial charge on any atom is 0.573 e. The lowest BCUT2D eigenvalue weighted by atomic mass is 10.1. The first kappa shape index (κ1) is 16.0. The summed E-state index contributed by atoms with van der Waals surface area (Å²) in [6.45, 7) is 0. The van der Waals surface area contributed by atoms with Crippen LogP contribution in [0.2, 0.25) is 0 Å². The Morgan fingerprint density at radius 2 is 1.71 bits per heavy atom. The van der Waals surface area contributed by atoms with Gasteiger partial charge >= 0.3 is 6.36 Å². The molecule has 0 fully saturated rings. The second-order valence-electron chi connectivity index (χ2n) is 5.18. The molecule has 0 heterocycles. The van der Waals surface area contributed by atoms with E-state index in [2.05, 4.69) is 9.89 Å². The molecule has 0 aliphatic heterocycles. The largest absolute Gasteiger partial charge is 0.573 e. The van der Waals surface area contributed by atoms with Gasteiger partial charge in [-0.3, -0.25) is 4.79 Å². The topological polar surface area (TPSA) is 47.9 Å². The smallest absolute Gasteiger partial charge is 0.406 e. The fourth-order valence-corrected chi connectivity index (χ4v) is 2.45. The quantitative estimate of drug-likeness (QED) is 0.623. The summed E-state index contributed by atoms with van der Waals surface area (Å²) in [7, 11) is 0. The SMILES string of the molecule is O=Cc1ccc(O/N=C2\CCc3cc(OC(F)(F)F)ccc32)cc1. The van der Waals surface area contributed by atoms with Crippen molar-refractivity contribution in [2.45, 2.75) is 19.2 Å². The number of alkyl halides is 3. The van der Waals surface area contributed by atoms with Crippen molar-refractivity contribution in [3.63, 3.8) is 0 Å². The number of carbonyl (C=O) groups excluding carboxylic acids is 1. The Bertz CT molecular complexity index is 783. The lowest BCUT2D eigenvalue weighted by Crippen LogP contribution is -2.17. The van der Waals surface area contributed by atoms with Gasteiger partial charge in [-0.05, 0) is 60.9 Å². The Morgan fingerprint density at radius 3 is 2.38 bits per heavy atom. The molecule has 0 saturated carbocycles. The van der Waals surface area contributed by atoms with E-state index in [1.54, 1.807) is 30.3 Å². The van der Waals surface area contributed by atoms with E-state index in [0.717, 1.165) is 17.4 Å². The van der Waals surface area contributed by atoms with Crippen LogP contribution in [0.3, 0.4) is 0 Å². The summed E-state index contributed by atoms with van der Waals surface area (Å²) < 4.78 is 40.6. The molecule has 0 saturated heterocycles. The minimum atomic E-state index is -4.71. The Labute approximate surface area is 135 Å². The zero-order valence-electron chi connectivity index (χ0n) is 12.3. The highest BCUT2D eigenvalue weighted by atomic mass is 19.4. The number of benzene rings is 2. The average molecular weight is 335 g/mol. The van der Waals surface area contributed by atoms with Crippen LogP contribution in [0.25, 0.3) is 0 Å². The Morgan fingerprint density at radius 1 is 1.00 bits per heavy atom. The van der Waals surface area contributed by atoms with E-state index in [1.165, 1.54) is 12.1 Å². The third-order valence-corrected chi connectivity index (χ3v) is 3.53. The molecule has 0 unspecified atom stereocenters. The third-order valence-electron chi connectivity index (χ3n) is 3.53. The second-order valence-corrected chi connectivity index (χ2v) is 5.18. The van der Waals surface area contributed by atoms with Gasteiger partial charge in [0.25, 0.3) is 0 Å². The number of fused-ring (bicyclic) bond motifs is 1. The lowest BCUT2D eigenvalue weighted by Gasteiger charge is -2.10. The Kier molecular flexibility index (Phi) is 4.24. The summed E-state index contributed by atoms with van der Waals surface area (Å²) in [4.78, 5) is 15.9. The van der Waals surface area contributed by atoms with Gasteiger partial charge in [0, 0.05) is 11.1 Å². The van der Waals surface area contributed by atoms with Crippen molar-refractivity contribution in [3.8, 4) is 11.5 Å². The third kappa shape index (κ3) is 3.73. The summed E-state index contributed by atoms with van der Waals surface area (Å²) in [6, 6.07) is 10.6. The maximum absolute atomic E-state index is 12.2. The van der Waals surface area contributed by atoms with Gasteiger partial charge in [0.1, 0.15) is 12.0 Å². The molecule has 0 spiro atoms. The molecule has 124 valence electrons. The van der Waals surface area contributed by atoms with Crippen LogP contribution in [0.1, 0.15) is 27.9 Å². The fourth-order valence-electron chi connectivity index (χ4n) is 2.45. The van der Waals surface area contributed by atoms with Crippen LogP contribution in [-0.2, 0) is 6.42 Å². The zero-order chi connectivity index (χ0) is 17.2. The van der Waals surface area contributed by atoms with Gasteiger partial charge in [-0.1, -0.05) is 5.16 Å². The molecule has 1 aliphatic rings. The average Bonchev–Trinajstić information content (AvgIpc) is 2.94. The monoisotopic (exact) mass is 335 g/mol. The Balaban J connectivity index is 1.74. The first-order valence-electron chi connectivity index (χ1n) is 7.13. The van der Waals surface area contributed by atoms with E-state index in [4.69, 9.17) is 4.84 Å². The molecule has 4 nitrogen and oxygen atoms in total. The number of halogens is 3. The van der Waals surface area contributed by atoms with E-state index in [1.807, 2.05) is 0 Å². The molecule has 2 aromatic carbocycles. The summed E-state index contributed by atoms with van der Waals surface area (Å²) in [5.74, 6) is 0.228. The van der Waals surface area contributed by atoms with Gasteiger partial charge in [-0.15, -0.1) is 13.2 Å². The van der Waals surface area contributed by atoms with Crippen molar-refractivity contribution in [3.05, 3.63) is 59.2 Å². The fraction of sp³-hybridized carbons (Fsp3) is 0.176. The van der Waals surface area contributed by atoms with Crippen molar-refractivity contribution in [2.24, 2.45) is 5.16 Å². The lowest BCUT2D eigenvalue weighted by molar-refractivity contribution is -0.274. The van der Waals surface area contributed by atoms with Crippen molar-refractivity contribution >= 4 is 12.0 Å². The van der Waals surface area contributed by atoms with E-state index in [-0.39, 0.29) is 5.75 Å². The number of nitrogens with zero attached hydrogens (tertiary/aromatic N) is 1. The molecule has 24 heavy (non-hydrogen) atoms. The number of rotatable bonds is 4. The highest BCUT2D eigenvalue weighted by Gasteiger charge is 2.31. The summed E-state index contributed by atoms with van der Waals surface area (Å²) in [6.07, 6.45) is -2.85.